The Balaban J connectivity index is 1.53. The quantitative estimate of drug-likeness (QED) is 0.861. The van der Waals surface area contributed by atoms with E-state index < -0.39 is 0 Å². The van der Waals surface area contributed by atoms with Gasteiger partial charge in [-0.3, -0.25) is 4.79 Å². The van der Waals surface area contributed by atoms with Crippen molar-refractivity contribution in [2.24, 2.45) is 0 Å². The number of hydrogen-bond donors (Lipinski definition) is 0. The molecule has 0 N–H and O–H groups in total. The summed E-state index contributed by atoms with van der Waals surface area (Å²) in [4.78, 5) is 14.9. The van der Waals surface area contributed by atoms with Crippen LogP contribution < -0.4 is 4.74 Å². The fourth-order valence-corrected chi connectivity index (χ4v) is 3.81. The second kappa shape index (κ2) is 6.88. The molecule has 1 aliphatic carbocycles. The molecule has 1 aliphatic heterocycles. The highest BCUT2D eigenvalue weighted by Crippen LogP contribution is 2.29. The number of morpholine rings is 1. The summed E-state index contributed by atoms with van der Waals surface area (Å²) >= 11 is 0. The van der Waals surface area contributed by atoms with Gasteiger partial charge in [0.15, 0.2) is 5.69 Å². The third kappa shape index (κ3) is 3.14. The molecule has 1 aromatic heterocycles. The van der Waals surface area contributed by atoms with Crippen LogP contribution in [0.25, 0.3) is 5.69 Å². The van der Waals surface area contributed by atoms with Gasteiger partial charge in [0, 0.05) is 12.7 Å². The average Bonchev–Trinajstić information content (AvgIpc) is 3.17. The standard InChI is InChI=1S/C19H23N3O3/c1-24-15-8-6-14(7-9-15)22-11-10-16(20-22)19(23)21-12-13-25-18-5-3-2-4-17(18)21/h6-11,17-18H,2-5,12-13H2,1H3/t17-,18-/m0/s1. The Hall–Kier alpha value is -2.34. The minimum Gasteiger partial charge on any atom is -0.497 e. The molecule has 0 spiro atoms. The number of amides is 1. The topological polar surface area (TPSA) is 56.6 Å². The SMILES string of the molecule is COc1ccc(-n2ccc(C(=O)N3CCO[C@H]4CCCC[C@@H]43)n2)cc1. The normalized spacial score (nSPS) is 23.2. The molecule has 0 bridgehead atoms. The number of carbonyl (C=O) groups excluding carboxylic acids is 1. The van der Waals surface area contributed by atoms with E-state index in [2.05, 4.69) is 5.10 Å². The largest absolute Gasteiger partial charge is 0.497 e. The average molecular weight is 341 g/mol. The molecule has 1 saturated carbocycles. The predicted octanol–water partition coefficient (Wildman–Crippen LogP) is 2.66. The zero-order chi connectivity index (χ0) is 17.2. The van der Waals surface area contributed by atoms with Crippen LogP contribution in [0.1, 0.15) is 36.2 Å². The monoisotopic (exact) mass is 341 g/mol. The van der Waals surface area contributed by atoms with E-state index in [0.717, 1.165) is 30.7 Å². The van der Waals surface area contributed by atoms with Crippen molar-refractivity contribution in [2.45, 2.75) is 37.8 Å². The Morgan fingerprint density at radius 3 is 2.80 bits per heavy atom. The molecule has 6 nitrogen and oxygen atoms in total. The lowest BCUT2D eigenvalue weighted by Crippen LogP contribution is -2.54. The van der Waals surface area contributed by atoms with Crippen LogP contribution in [0.3, 0.4) is 0 Å². The maximum Gasteiger partial charge on any atom is 0.274 e. The van der Waals surface area contributed by atoms with Crippen LogP contribution in [0.4, 0.5) is 0 Å². The van der Waals surface area contributed by atoms with Crippen LogP contribution in [0.15, 0.2) is 36.5 Å². The molecule has 132 valence electrons. The van der Waals surface area contributed by atoms with Crippen LogP contribution in [0, 0.1) is 0 Å². The van der Waals surface area contributed by atoms with Gasteiger partial charge in [-0.25, -0.2) is 4.68 Å². The summed E-state index contributed by atoms with van der Waals surface area (Å²) in [6.45, 7) is 1.27. The highest BCUT2D eigenvalue weighted by Gasteiger charge is 2.37. The number of fused-ring (bicyclic) bond motifs is 1. The van der Waals surface area contributed by atoms with E-state index in [1.165, 1.54) is 6.42 Å². The van der Waals surface area contributed by atoms with Gasteiger partial charge < -0.3 is 14.4 Å². The van der Waals surface area contributed by atoms with Gasteiger partial charge >= 0.3 is 0 Å². The molecule has 1 aromatic carbocycles. The van der Waals surface area contributed by atoms with Crippen molar-refractivity contribution < 1.29 is 14.3 Å². The lowest BCUT2D eigenvalue weighted by Gasteiger charge is -2.43. The molecule has 2 aromatic rings. The van der Waals surface area contributed by atoms with Gasteiger partial charge in [0.2, 0.25) is 0 Å². The molecule has 2 atom stereocenters. The zero-order valence-corrected chi connectivity index (χ0v) is 14.4. The van der Waals surface area contributed by atoms with E-state index in [0.29, 0.717) is 18.8 Å². The Morgan fingerprint density at radius 1 is 1.20 bits per heavy atom. The van der Waals surface area contributed by atoms with Gasteiger partial charge in [0.1, 0.15) is 5.75 Å². The molecule has 25 heavy (non-hydrogen) atoms. The predicted molar refractivity (Wildman–Crippen MR) is 93.1 cm³/mol. The van der Waals surface area contributed by atoms with Gasteiger partial charge in [-0.2, -0.15) is 5.10 Å². The van der Waals surface area contributed by atoms with E-state index in [9.17, 15) is 4.79 Å². The molecule has 0 unspecified atom stereocenters. The van der Waals surface area contributed by atoms with Gasteiger partial charge in [-0.05, 0) is 43.2 Å². The van der Waals surface area contributed by atoms with E-state index in [1.807, 2.05) is 35.4 Å². The number of carbonyl (C=O) groups is 1. The van der Waals surface area contributed by atoms with E-state index in [-0.39, 0.29) is 18.1 Å². The third-order valence-electron chi connectivity index (χ3n) is 5.14. The molecule has 4 rings (SSSR count). The fraction of sp³-hybridized carbons (Fsp3) is 0.474. The van der Waals surface area contributed by atoms with Gasteiger partial charge in [0.05, 0.1) is 31.5 Å². The highest BCUT2D eigenvalue weighted by atomic mass is 16.5. The van der Waals surface area contributed by atoms with Crippen LogP contribution in [0.2, 0.25) is 0 Å². The van der Waals surface area contributed by atoms with Crippen molar-refractivity contribution in [3.8, 4) is 11.4 Å². The highest BCUT2D eigenvalue weighted by molar-refractivity contribution is 5.92. The molecule has 1 saturated heterocycles. The second-order valence-electron chi connectivity index (χ2n) is 6.60. The van der Waals surface area contributed by atoms with E-state index in [1.54, 1.807) is 17.9 Å². The first kappa shape index (κ1) is 16.1. The number of hydrogen-bond acceptors (Lipinski definition) is 4. The lowest BCUT2D eigenvalue weighted by molar-refractivity contribution is -0.0754. The van der Waals surface area contributed by atoms with Crippen molar-refractivity contribution in [3.63, 3.8) is 0 Å². The van der Waals surface area contributed by atoms with Gasteiger partial charge in [0.25, 0.3) is 5.91 Å². The van der Waals surface area contributed by atoms with Crippen LogP contribution in [-0.2, 0) is 4.74 Å². The number of ether oxygens (including phenoxy) is 2. The summed E-state index contributed by atoms with van der Waals surface area (Å²) in [5.74, 6) is 0.802. The van der Waals surface area contributed by atoms with Crippen LogP contribution in [-0.4, -0.2) is 53.0 Å². The minimum absolute atomic E-state index is 0.00691. The zero-order valence-electron chi connectivity index (χ0n) is 14.4. The first-order chi connectivity index (χ1) is 12.3. The van der Waals surface area contributed by atoms with E-state index in [4.69, 9.17) is 9.47 Å². The summed E-state index contributed by atoms with van der Waals surface area (Å²) in [5.41, 5.74) is 1.39. The van der Waals surface area contributed by atoms with Crippen molar-refractivity contribution in [1.82, 2.24) is 14.7 Å². The molecule has 2 heterocycles. The first-order valence-corrected chi connectivity index (χ1v) is 8.89. The fourth-order valence-electron chi connectivity index (χ4n) is 3.81. The lowest BCUT2D eigenvalue weighted by atomic mass is 9.90. The molecular weight excluding hydrogens is 318 g/mol. The van der Waals surface area contributed by atoms with Crippen molar-refractivity contribution in [2.75, 3.05) is 20.3 Å². The molecule has 0 radical (unpaired) electrons. The molecule has 2 aliphatic rings. The molecule has 1 amide bonds. The third-order valence-corrected chi connectivity index (χ3v) is 5.14. The molecule has 6 heteroatoms. The Morgan fingerprint density at radius 2 is 2.00 bits per heavy atom. The van der Waals surface area contributed by atoms with Crippen LogP contribution in [0.5, 0.6) is 5.75 Å². The number of nitrogens with zero attached hydrogens (tertiary/aromatic N) is 3. The van der Waals surface area contributed by atoms with Gasteiger partial charge in [-0.15, -0.1) is 0 Å². The van der Waals surface area contributed by atoms with Crippen molar-refractivity contribution in [3.05, 3.63) is 42.2 Å². The molecular formula is C19H23N3O3. The summed E-state index contributed by atoms with van der Waals surface area (Å²) in [7, 11) is 1.64. The van der Waals surface area contributed by atoms with Crippen LogP contribution >= 0.6 is 0 Å². The summed E-state index contributed by atoms with van der Waals surface area (Å²) in [5, 5.41) is 4.49. The second-order valence-corrected chi connectivity index (χ2v) is 6.60. The van der Waals surface area contributed by atoms with E-state index >= 15 is 0 Å². The maximum absolute atomic E-state index is 13.0. The van der Waals surface area contributed by atoms with Crippen molar-refractivity contribution >= 4 is 5.91 Å². The Kier molecular flexibility index (Phi) is 4.44. The smallest absolute Gasteiger partial charge is 0.274 e. The Labute approximate surface area is 147 Å². The first-order valence-electron chi connectivity index (χ1n) is 8.89. The molecule has 2 fully saturated rings. The number of rotatable bonds is 3. The number of benzene rings is 1. The summed E-state index contributed by atoms with van der Waals surface area (Å²) < 4.78 is 12.8. The maximum atomic E-state index is 13.0. The van der Waals surface area contributed by atoms with Gasteiger partial charge in [-0.1, -0.05) is 12.8 Å². The Bertz CT molecular complexity index is 739. The number of aromatic nitrogens is 2. The van der Waals surface area contributed by atoms with Crippen molar-refractivity contribution in [1.29, 1.82) is 0 Å². The summed E-state index contributed by atoms with van der Waals surface area (Å²) in [6.07, 6.45) is 6.44. The summed E-state index contributed by atoms with van der Waals surface area (Å²) in [6, 6.07) is 9.60. The number of methoxy groups -OCH3 is 1. The minimum atomic E-state index is 0.00691.